The maximum Gasteiger partial charge on any atom is 0.243 e. The van der Waals surface area contributed by atoms with E-state index in [1.807, 2.05) is 49.4 Å². The molecule has 1 fully saturated rings. The molecule has 0 amide bonds. The van der Waals surface area contributed by atoms with Gasteiger partial charge >= 0.3 is 0 Å². The van der Waals surface area contributed by atoms with E-state index in [1.165, 1.54) is 5.56 Å². The lowest BCUT2D eigenvalue weighted by Gasteiger charge is -2.34. The van der Waals surface area contributed by atoms with Crippen LogP contribution in [-0.4, -0.2) is 43.8 Å². The molecule has 0 radical (unpaired) electrons. The summed E-state index contributed by atoms with van der Waals surface area (Å²) in [6.07, 6.45) is 0. The van der Waals surface area contributed by atoms with Gasteiger partial charge in [0, 0.05) is 37.7 Å². The van der Waals surface area contributed by atoms with Gasteiger partial charge in [-0.1, -0.05) is 65.7 Å². The van der Waals surface area contributed by atoms with Gasteiger partial charge in [0.25, 0.3) is 0 Å². The largest absolute Gasteiger partial charge is 0.296 e. The Bertz CT molecular complexity index is 1120. The first-order valence-electron chi connectivity index (χ1n) is 10.1. The minimum atomic E-state index is -3.44. The van der Waals surface area contributed by atoms with E-state index < -0.39 is 10.0 Å². The van der Waals surface area contributed by atoms with Gasteiger partial charge in [0.1, 0.15) is 0 Å². The van der Waals surface area contributed by atoms with Gasteiger partial charge in [-0.25, -0.2) is 8.42 Å². The number of halogens is 1. The smallest absolute Gasteiger partial charge is 0.243 e. The number of sulfonamides is 1. The van der Waals surface area contributed by atoms with Gasteiger partial charge in [0.05, 0.1) is 4.90 Å². The van der Waals surface area contributed by atoms with Gasteiger partial charge in [-0.15, -0.1) is 0 Å². The summed E-state index contributed by atoms with van der Waals surface area (Å²) < 4.78 is 27.5. The molecule has 4 nitrogen and oxygen atoms in total. The molecule has 30 heavy (non-hydrogen) atoms. The maximum absolute atomic E-state index is 12.9. The van der Waals surface area contributed by atoms with E-state index in [-0.39, 0.29) is 0 Å². The van der Waals surface area contributed by atoms with Crippen LogP contribution < -0.4 is 0 Å². The molecule has 0 aromatic heterocycles. The third-order valence-electron chi connectivity index (χ3n) is 5.54. The lowest BCUT2D eigenvalue weighted by molar-refractivity contribution is 0.182. The molecule has 1 heterocycles. The second-order valence-corrected chi connectivity index (χ2v) is 10.0. The first kappa shape index (κ1) is 21.1. The fourth-order valence-corrected chi connectivity index (χ4v) is 5.44. The zero-order chi connectivity index (χ0) is 21.1. The molecule has 1 aliphatic rings. The average Bonchev–Trinajstić information content (AvgIpc) is 2.75. The summed E-state index contributed by atoms with van der Waals surface area (Å²) in [6.45, 7) is 5.13. The zero-order valence-electron chi connectivity index (χ0n) is 17.0. The van der Waals surface area contributed by atoms with E-state index in [0.29, 0.717) is 31.1 Å². The Balaban J connectivity index is 1.45. The predicted molar refractivity (Wildman–Crippen MR) is 122 cm³/mol. The molecule has 3 aromatic carbocycles. The molecule has 1 aliphatic heterocycles. The molecule has 156 valence electrons. The SMILES string of the molecule is Cc1ccc(S(=O)(=O)N2CCN(Cc3ccccc3-c3cccc(Cl)c3)CC2)cc1. The van der Waals surface area contributed by atoms with Crippen LogP contribution >= 0.6 is 11.6 Å². The summed E-state index contributed by atoms with van der Waals surface area (Å²) in [5, 5.41) is 0.720. The Morgan fingerprint density at radius 2 is 1.57 bits per heavy atom. The summed E-state index contributed by atoms with van der Waals surface area (Å²) in [5.74, 6) is 0. The van der Waals surface area contributed by atoms with Crippen molar-refractivity contribution in [3.8, 4) is 11.1 Å². The number of piperazine rings is 1. The lowest BCUT2D eigenvalue weighted by atomic mass is 9.99. The van der Waals surface area contributed by atoms with Gasteiger partial charge < -0.3 is 0 Å². The molecule has 6 heteroatoms. The van der Waals surface area contributed by atoms with Gasteiger partial charge in [-0.2, -0.15) is 4.31 Å². The molecule has 1 saturated heterocycles. The highest BCUT2D eigenvalue weighted by molar-refractivity contribution is 7.89. The molecular formula is C24H25ClN2O2S. The number of rotatable bonds is 5. The fraction of sp³-hybridized carbons (Fsp3) is 0.250. The van der Waals surface area contributed by atoms with Crippen molar-refractivity contribution in [1.82, 2.24) is 9.21 Å². The lowest BCUT2D eigenvalue weighted by Crippen LogP contribution is -2.48. The van der Waals surface area contributed by atoms with Crippen molar-refractivity contribution in [2.75, 3.05) is 26.2 Å². The van der Waals surface area contributed by atoms with Crippen LogP contribution in [0.3, 0.4) is 0 Å². The topological polar surface area (TPSA) is 40.6 Å². The summed E-state index contributed by atoms with van der Waals surface area (Å²) in [5.41, 5.74) is 4.53. The first-order chi connectivity index (χ1) is 14.4. The third kappa shape index (κ3) is 4.60. The van der Waals surface area contributed by atoms with E-state index in [0.717, 1.165) is 28.3 Å². The Labute approximate surface area is 183 Å². The Morgan fingerprint density at radius 3 is 2.27 bits per heavy atom. The number of benzene rings is 3. The first-order valence-corrected chi connectivity index (χ1v) is 11.9. The molecule has 0 bridgehead atoms. The van der Waals surface area contributed by atoms with Crippen LogP contribution in [0.4, 0.5) is 0 Å². The van der Waals surface area contributed by atoms with Crippen molar-refractivity contribution >= 4 is 21.6 Å². The minimum Gasteiger partial charge on any atom is -0.296 e. The van der Waals surface area contributed by atoms with Crippen LogP contribution in [0.25, 0.3) is 11.1 Å². The van der Waals surface area contributed by atoms with Gasteiger partial charge in [-0.05, 0) is 47.9 Å². The van der Waals surface area contributed by atoms with E-state index in [2.05, 4.69) is 23.1 Å². The van der Waals surface area contributed by atoms with Crippen LogP contribution in [0.2, 0.25) is 5.02 Å². The normalized spacial score (nSPS) is 15.9. The second-order valence-electron chi connectivity index (χ2n) is 7.66. The third-order valence-corrected chi connectivity index (χ3v) is 7.68. The Hall–Kier alpha value is -2.18. The summed E-state index contributed by atoms with van der Waals surface area (Å²) in [7, 11) is -3.44. The molecule has 4 rings (SSSR count). The van der Waals surface area contributed by atoms with Crippen LogP contribution in [0, 0.1) is 6.92 Å². The standard InChI is InChI=1S/C24H25ClN2O2S/c1-19-9-11-23(12-10-19)30(28,29)27-15-13-26(14-16-27)18-21-5-2-3-8-24(21)20-6-4-7-22(25)17-20/h2-12,17H,13-16,18H2,1H3. The molecule has 0 saturated carbocycles. The van der Waals surface area contributed by atoms with Crippen LogP contribution in [0.1, 0.15) is 11.1 Å². The van der Waals surface area contributed by atoms with E-state index in [1.54, 1.807) is 16.4 Å². The number of nitrogens with zero attached hydrogens (tertiary/aromatic N) is 2. The highest BCUT2D eigenvalue weighted by Gasteiger charge is 2.28. The van der Waals surface area contributed by atoms with Gasteiger partial charge in [0.2, 0.25) is 10.0 Å². The van der Waals surface area contributed by atoms with Crippen LogP contribution in [0.15, 0.2) is 77.7 Å². The minimum absolute atomic E-state index is 0.368. The van der Waals surface area contributed by atoms with Crippen molar-refractivity contribution in [3.05, 3.63) is 88.9 Å². The van der Waals surface area contributed by atoms with Crippen LogP contribution in [-0.2, 0) is 16.6 Å². The Kier molecular flexibility index (Phi) is 6.25. The summed E-state index contributed by atoms with van der Waals surface area (Å²) >= 11 is 6.18. The molecule has 0 aliphatic carbocycles. The number of hydrogen-bond donors (Lipinski definition) is 0. The summed E-state index contributed by atoms with van der Waals surface area (Å²) in [4.78, 5) is 2.68. The molecular weight excluding hydrogens is 416 g/mol. The summed E-state index contributed by atoms with van der Waals surface area (Å²) in [6, 6.07) is 23.3. The van der Waals surface area contributed by atoms with E-state index in [4.69, 9.17) is 11.6 Å². The second kappa shape index (κ2) is 8.90. The predicted octanol–water partition coefficient (Wildman–Crippen LogP) is 4.82. The number of aryl methyl sites for hydroxylation is 1. The highest BCUT2D eigenvalue weighted by Crippen LogP contribution is 2.27. The fourth-order valence-electron chi connectivity index (χ4n) is 3.82. The molecule has 0 atom stereocenters. The van der Waals surface area contributed by atoms with E-state index >= 15 is 0 Å². The van der Waals surface area contributed by atoms with E-state index in [9.17, 15) is 8.42 Å². The molecule has 0 N–H and O–H groups in total. The van der Waals surface area contributed by atoms with Gasteiger partial charge in [0.15, 0.2) is 0 Å². The van der Waals surface area contributed by atoms with Crippen molar-refractivity contribution in [1.29, 1.82) is 0 Å². The quantitative estimate of drug-likeness (QED) is 0.571. The van der Waals surface area contributed by atoms with Gasteiger partial charge in [-0.3, -0.25) is 4.90 Å². The van der Waals surface area contributed by atoms with Crippen LogP contribution in [0.5, 0.6) is 0 Å². The average molecular weight is 441 g/mol. The zero-order valence-corrected chi connectivity index (χ0v) is 18.5. The van der Waals surface area contributed by atoms with Crippen molar-refractivity contribution in [2.24, 2.45) is 0 Å². The van der Waals surface area contributed by atoms with Crippen molar-refractivity contribution in [3.63, 3.8) is 0 Å². The molecule has 0 spiro atoms. The van der Waals surface area contributed by atoms with Crippen molar-refractivity contribution < 1.29 is 8.42 Å². The Morgan fingerprint density at radius 1 is 0.867 bits per heavy atom. The highest BCUT2D eigenvalue weighted by atomic mass is 35.5. The molecule has 0 unspecified atom stereocenters. The monoisotopic (exact) mass is 440 g/mol. The number of hydrogen-bond acceptors (Lipinski definition) is 3. The molecule has 3 aromatic rings. The maximum atomic E-state index is 12.9. The van der Waals surface area contributed by atoms with Crippen molar-refractivity contribution in [2.45, 2.75) is 18.4 Å².